The quantitative estimate of drug-likeness (QED) is 0.476. The van der Waals surface area contributed by atoms with Crippen molar-refractivity contribution in [2.45, 2.75) is 13.8 Å². The number of carbonyl (C=O) groups is 2. The summed E-state index contributed by atoms with van der Waals surface area (Å²) in [5.41, 5.74) is 1.13. The average Bonchev–Trinajstić information content (AvgIpc) is 2.71. The molecule has 0 spiro atoms. The Morgan fingerprint density at radius 1 is 1.29 bits per heavy atom. The second kappa shape index (κ2) is 4.67. The Hall–Kier alpha value is -1.68. The molecule has 1 aromatic heterocycles. The Bertz CT molecular complexity index is 583. The number of rotatable bonds is 3. The number of ketones is 1. The van der Waals surface area contributed by atoms with E-state index in [4.69, 9.17) is 4.74 Å². The van der Waals surface area contributed by atoms with Gasteiger partial charge in [-0.3, -0.25) is 4.79 Å². The highest BCUT2D eigenvalue weighted by Crippen LogP contribution is 2.26. The van der Waals surface area contributed by atoms with Crippen molar-refractivity contribution in [3.8, 4) is 0 Å². The van der Waals surface area contributed by atoms with E-state index in [1.807, 2.05) is 25.1 Å². The molecule has 0 saturated carbocycles. The zero-order valence-electron chi connectivity index (χ0n) is 9.65. The summed E-state index contributed by atoms with van der Waals surface area (Å²) in [5.74, 6) is -1.35. The number of Topliss-reactive ketones (excluding diaryl/α,β-unsaturated/α-hetero) is 1. The van der Waals surface area contributed by atoms with E-state index in [2.05, 4.69) is 0 Å². The fourth-order valence-electron chi connectivity index (χ4n) is 1.57. The molecular weight excluding hydrogens is 236 g/mol. The smallest absolute Gasteiger partial charge is 0.380 e. The van der Waals surface area contributed by atoms with E-state index >= 15 is 0 Å². The van der Waals surface area contributed by atoms with Gasteiger partial charge in [-0.2, -0.15) is 0 Å². The summed E-state index contributed by atoms with van der Waals surface area (Å²) < 4.78 is 5.70. The molecule has 0 radical (unpaired) electrons. The lowest BCUT2D eigenvalue weighted by molar-refractivity contribution is -0.137. The number of aryl methyl sites for hydroxylation is 1. The normalized spacial score (nSPS) is 10.5. The lowest BCUT2D eigenvalue weighted by atomic mass is 10.2. The molecule has 0 saturated heterocycles. The number of carbonyl (C=O) groups excluding carboxylic acids is 2. The maximum absolute atomic E-state index is 11.7. The van der Waals surface area contributed by atoms with Gasteiger partial charge in [0.2, 0.25) is 0 Å². The first-order valence-corrected chi connectivity index (χ1v) is 6.15. The first-order valence-electron chi connectivity index (χ1n) is 5.33. The molecule has 0 aliphatic carbocycles. The number of hydrogen-bond donors (Lipinski definition) is 0. The van der Waals surface area contributed by atoms with Gasteiger partial charge in [-0.05, 0) is 31.4 Å². The molecule has 2 rings (SSSR count). The number of ether oxygens (including phenoxy) is 1. The van der Waals surface area contributed by atoms with Crippen molar-refractivity contribution in [3.05, 3.63) is 34.7 Å². The number of fused-ring (bicyclic) bond motifs is 1. The van der Waals surface area contributed by atoms with Crippen LogP contribution in [0.25, 0.3) is 10.1 Å². The lowest BCUT2D eigenvalue weighted by Gasteiger charge is -1.96. The van der Waals surface area contributed by atoms with Gasteiger partial charge < -0.3 is 4.74 Å². The minimum atomic E-state index is -0.782. The standard InChI is InChI=1S/C13H12O3S/c1-3-16-13(15)12(14)11-7-9-6-8(2)4-5-10(9)17-11/h4-7H,3H2,1-2H3. The monoisotopic (exact) mass is 248 g/mol. The van der Waals surface area contributed by atoms with Gasteiger partial charge in [0.25, 0.3) is 5.78 Å². The van der Waals surface area contributed by atoms with E-state index in [1.54, 1.807) is 13.0 Å². The van der Waals surface area contributed by atoms with E-state index in [0.717, 1.165) is 15.6 Å². The largest absolute Gasteiger partial charge is 0.460 e. The molecule has 0 unspecified atom stereocenters. The molecule has 4 heteroatoms. The molecule has 0 amide bonds. The second-order valence-electron chi connectivity index (χ2n) is 3.70. The van der Waals surface area contributed by atoms with Crippen LogP contribution in [0.2, 0.25) is 0 Å². The van der Waals surface area contributed by atoms with E-state index in [9.17, 15) is 9.59 Å². The van der Waals surface area contributed by atoms with E-state index in [1.165, 1.54) is 11.3 Å². The molecule has 0 atom stereocenters. The van der Waals surface area contributed by atoms with Gasteiger partial charge in [-0.1, -0.05) is 17.7 Å². The minimum absolute atomic E-state index is 0.217. The van der Waals surface area contributed by atoms with Crippen molar-refractivity contribution in [1.29, 1.82) is 0 Å². The third-order valence-corrected chi connectivity index (χ3v) is 3.47. The predicted octanol–water partition coefficient (Wildman–Crippen LogP) is 2.96. The third kappa shape index (κ3) is 2.36. The molecular formula is C13H12O3S. The van der Waals surface area contributed by atoms with Crippen molar-refractivity contribution < 1.29 is 14.3 Å². The van der Waals surface area contributed by atoms with Crippen molar-refractivity contribution in [2.75, 3.05) is 6.61 Å². The van der Waals surface area contributed by atoms with Crippen molar-refractivity contribution >= 4 is 33.2 Å². The van der Waals surface area contributed by atoms with Gasteiger partial charge in [0, 0.05) is 4.70 Å². The van der Waals surface area contributed by atoms with Crippen LogP contribution in [-0.4, -0.2) is 18.4 Å². The highest BCUT2D eigenvalue weighted by Gasteiger charge is 2.19. The topological polar surface area (TPSA) is 43.4 Å². The summed E-state index contributed by atoms with van der Waals surface area (Å²) >= 11 is 1.32. The Balaban J connectivity index is 2.36. The molecule has 17 heavy (non-hydrogen) atoms. The summed E-state index contributed by atoms with van der Waals surface area (Å²) in [6.07, 6.45) is 0. The van der Waals surface area contributed by atoms with Crippen molar-refractivity contribution in [2.24, 2.45) is 0 Å². The molecule has 1 heterocycles. The number of hydrogen-bond acceptors (Lipinski definition) is 4. The first kappa shape index (κ1) is 11.8. The van der Waals surface area contributed by atoms with Crippen LogP contribution in [0.15, 0.2) is 24.3 Å². The van der Waals surface area contributed by atoms with Gasteiger partial charge in [0.1, 0.15) is 0 Å². The number of thiophene rings is 1. The van der Waals surface area contributed by atoms with Crippen LogP contribution in [0.5, 0.6) is 0 Å². The van der Waals surface area contributed by atoms with E-state index in [0.29, 0.717) is 4.88 Å². The molecule has 3 nitrogen and oxygen atoms in total. The molecule has 0 bridgehead atoms. The van der Waals surface area contributed by atoms with Crippen LogP contribution >= 0.6 is 11.3 Å². The highest BCUT2D eigenvalue weighted by molar-refractivity contribution is 7.21. The maximum atomic E-state index is 11.7. The Morgan fingerprint density at radius 3 is 2.76 bits per heavy atom. The highest BCUT2D eigenvalue weighted by atomic mass is 32.1. The zero-order valence-corrected chi connectivity index (χ0v) is 10.5. The summed E-state index contributed by atoms with van der Waals surface area (Å²) in [5, 5.41) is 0.989. The van der Waals surface area contributed by atoms with E-state index < -0.39 is 11.8 Å². The summed E-state index contributed by atoms with van der Waals surface area (Å²) in [6.45, 7) is 3.89. The van der Waals surface area contributed by atoms with Crippen LogP contribution in [-0.2, 0) is 9.53 Å². The Kier molecular flexibility index (Phi) is 3.24. The second-order valence-corrected chi connectivity index (χ2v) is 4.79. The van der Waals surface area contributed by atoms with Crippen LogP contribution in [0.1, 0.15) is 22.2 Å². The van der Waals surface area contributed by atoms with Gasteiger partial charge in [0.05, 0.1) is 11.5 Å². The lowest BCUT2D eigenvalue weighted by Crippen LogP contribution is -2.16. The van der Waals surface area contributed by atoms with Gasteiger partial charge in [0.15, 0.2) is 0 Å². The Morgan fingerprint density at radius 2 is 2.06 bits per heavy atom. The van der Waals surface area contributed by atoms with Crippen LogP contribution < -0.4 is 0 Å². The molecule has 2 aromatic rings. The van der Waals surface area contributed by atoms with E-state index in [-0.39, 0.29) is 6.61 Å². The fourth-order valence-corrected chi connectivity index (χ4v) is 2.54. The molecule has 0 aliphatic rings. The van der Waals surface area contributed by atoms with Gasteiger partial charge in [-0.15, -0.1) is 11.3 Å². The molecule has 0 fully saturated rings. The molecule has 88 valence electrons. The minimum Gasteiger partial charge on any atom is -0.460 e. The first-order chi connectivity index (χ1) is 8.11. The van der Waals surface area contributed by atoms with Crippen LogP contribution in [0, 0.1) is 6.92 Å². The SMILES string of the molecule is CCOC(=O)C(=O)c1cc2cc(C)ccc2s1. The van der Waals surface area contributed by atoms with Crippen LogP contribution in [0.3, 0.4) is 0 Å². The summed E-state index contributed by atoms with van der Waals surface area (Å²) in [4.78, 5) is 23.5. The fraction of sp³-hybridized carbons (Fsp3) is 0.231. The number of benzene rings is 1. The average molecular weight is 248 g/mol. The molecule has 0 N–H and O–H groups in total. The van der Waals surface area contributed by atoms with Gasteiger partial charge in [-0.25, -0.2) is 4.79 Å². The van der Waals surface area contributed by atoms with Gasteiger partial charge >= 0.3 is 5.97 Å². The molecule has 0 aliphatic heterocycles. The van der Waals surface area contributed by atoms with Crippen molar-refractivity contribution in [3.63, 3.8) is 0 Å². The Labute approximate surface area is 103 Å². The maximum Gasteiger partial charge on any atom is 0.380 e. The third-order valence-electron chi connectivity index (χ3n) is 2.36. The zero-order chi connectivity index (χ0) is 12.4. The molecule has 1 aromatic carbocycles. The van der Waals surface area contributed by atoms with Crippen molar-refractivity contribution in [1.82, 2.24) is 0 Å². The summed E-state index contributed by atoms with van der Waals surface area (Å²) in [6, 6.07) is 7.68. The van der Waals surface area contributed by atoms with Crippen LogP contribution in [0.4, 0.5) is 0 Å². The number of esters is 1. The summed E-state index contributed by atoms with van der Waals surface area (Å²) in [7, 11) is 0. The predicted molar refractivity (Wildman–Crippen MR) is 67.5 cm³/mol.